The first-order valence-electron chi connectivity index (χ1n) is 4.01. The topological polar surface area (TPSA) is 78.2 Å². The molecule has 9 heteroatoms. The maximum Gasteiger partial charge on any atom is 0.352 e. The van der Waals surface area contributed by atoms with Gasteiger partial charge in [-0.2, -0.15) is 4.98 Å². The van der Waals surface area contributed by atoms with Crippen molar-refractivity contribution in [1.82, 2.24) is 9.97 Å². The minimum Gasteiger partial charge on any atom is -0.467 e. The molecule has 0 aliphatic carbocycles. The van der Waals surface area contributed by atoms with Crippen LogP contribution in [-0.2, 0) is 0 Å². The number of aryl methyl sites for hydroxylation is 1. The number of rotatable bonds is 4. The van der Waals surface area contributed by atoms with Crippen LogP contribution in [0.5, 0.6) is 5.88 Å². The molecule has 88 valence electrons. The van der Waals surface area contributed by atoms with Crippen molar-refractivity contribution in [3.63, 3.8) is 0 Å². The number of nitrogens with zero attached hydrogens (tertiary/aromatic N) is 3. The van der Waals surface area contributed by atoms with Crippen molar-refractivity contribution in [3.05, 3.63) is 21.1 Å². The monoisotopic (exact) mass is 253 g/mol. The number of hydrogen-bond donors (Lipinski definition) is 0. The Bertz CT molecular complexity index is 416. The van der Waals surface area contributed by atoms with Crippen LogP contribution in [0.1, 0.15) is 5.69 Å². The minimum atomic E-state index is -2.76. The molecule has 6 nitrogen and oxygen atoms in total. The molecule has 16 heavy (non-hydrogen) atoms. The molecule has 0 spiro atoms. The van der Waals surface area contributed by atoms with E-state index < -0.39 is 29.5 Å². The van der Waals surface area contributed by atoms with Gasteiger partial charge in [0.15, 0.2) is 6.61 Å². The third-order valence-electron chi connectivity index (χ3n) is 1.53. The quantitative estimate of drug-likeness (QED) is 0.466. The molecule has 1 rings (SSSR count). The first-order chi connectivity index (χ1) is 7.41. The third kappa shape index (κ3) is 2.96. The summed E-state index contributed by atoms with van der Waals surface area (Å²) in [6, 6.07) is 0. The van der Waals surface area contributed by atoms with Crippen molar-refractivity contribution < 1.29 is 18.4 Å². The van der Waals surface area contributed by atoms with Crippen molar-refractivity contribution in [1.29, 1.82) is 0 Å². The minimum absolute atomic E-state index is 0.0470. The lowest BCUT2D eigenvalue weighted by Crippen LogP contribution is -2.11. The number of nitro groups is 1. The molecule has 0 aliphatic heterocycles. The zero-order chi connectivity index (χ0) is 12.3. The van der Waals surface area contributed by atoms with Crippen LogP contribution in [0.4, 0.5) is 14.5 Å². The maximum absolute atomic E-state index is 11.9. The summed E-state index contributed by atoms with van der Waals surface area (Å²) in [5.74, 6) is -0.553. The largest absolute Gasteiger partial charge is 0.467 e. The molecule has 0 aliphatic rings. The normalized spacial score (nSPS) is 10.6. The molecule has 1 aromatic rings. The summed E-state index contributed by atoms with van der Waals surface area (Å²) in [6.45, 7) is 0.314. The van der Waals surface area contributed by atoms with Gasteiger partial charge in [0, 0.05) is 0 Å². The summed E-state index contributed by atoms with van der Waals surface area (Å²) in [5, 5.41) is 10.3. The SMILES string of the molecule is Cc1nc(Cl)nc(OCC(F)F)c1[N+](=O)[O-]. The van der Waals surface area contributed by atoms with Crippen LogP contribution in [-0.4, -0.2) is 27.9 Å². The maximum atomic E-state index is 11.9. The van der Waals surface area contributed by atoms with Gasteiger partial charge in [0.25, 0.3) is 12.3 Å². The molecule has 0 aromatic carbocycles. The van der Waals surface area contributed by atoms with Gasteiger partial charge >= 0.3 is 5.69 Å². The molecular weight excluding hydrogens is 248 g/mol. The number of aromatic nitrogens is 2. The van der Waals surface area contributed by atoms with Crippen molar-refractivity contribution in [2.24, 2.45) is 0 Å². The van der Waals surface area contributed by atoms with E-state index in [1.807, 2.05) is 0 Å². The highest BCUT2D eigenvalue weighted by molar-refractivity contribution is 6.28. The van der Waals surface area contributed by atoms with Crippen LogP contribution in [0.15, 0.2) is 0 Å². The van der Waals surface area contributed by atoms with Crippen LogP contribution < -0.4 is 4.74 Å². The Morgan fingerprint density at radius 2 is 2.19 bits per heavy atom. The molecular formula is C7H6ClF2N3O3. The van der Waals surface area contributed by atoms with Crippen molar-refractivity contribution in [3.8, 4) is 5.88 Å². The molecule has 0 atom stereocenters. The van der Waals surface area contributed by atoms with Crippen LogP contribution in [0, 0.1) is 17.0 Å². The zero-order valence-corrected chi connectivity index (χ0v) is 8.74. The van der Waals surface area contributed by atoms with E-state index in [0.717, 1.165) is 0 Å². The number of halogens is 3. The molecule has 0 radical (unpaired) electrons. The highest BCUT2D eigenvalue weighted by atomic mass is 35.5. The average molecular weight is 254 g/mol. The molecule has 0 N–H and O–H groups in total. The van der Waals surface area contributed by atoms with Crippen LogP contribution in [0.2, 0.25) is 5.28 Å². The fraction of sp³-hybridized carbons (Fsp3) is 0.429. The van der Waals surface area contributed by atoms with Crippen molar-refractivity contribution in [2.45, 2.75) is 13.3 Å². The van der Waals surface area contributed by atoms with Gasteiger partial charge in [-0.05, 0) is 18.5 Å². The molecule has 1 heterocycles. The van der Waals surface area contributed by atoms with Gasteiger partial charge in [-0.1, -0.05) is 0 Å². The summed E-state index contributed by atoms with van der Waals surface area (Å²) in [4.78, 5) is 16.7. The first kappa shape index (κ1) is 12.5. The van der Waals surface area contributed by atoms with E-state index in [2.05, 4.69) is 14.7 Å². The van der Waals surface area contributed by atoms with Gasteiger partial charge in [0.1, 0.15) is 5.69 Å². The molecule has 0 saturated heterocycles. The third-order valence-corrected chi connectivity index (χ3v) is 1.70. The number of hydrogen-bond acceptors (Lipinski definition) is 5. The predicted molar refractivity (Wildman–Crippen MR) is 49.9 cm³/mol. The van der Waals surface area contributed by atoms with Crippen molar-refractivity contribution in [2.75, 3.05) is 6.61 Å². The Labute approximate surface area is 93.4 Å². The van der Waals surface area contributed by atoms with E-state index in [-0.39, 0.29) is 11.0 Å². The Morgan fingerprint density at radius 1 is 1.56 bits per heavy atom. The molecule has 1 aromatic heterocycles. The van der Waals surface area contributed by atoms with Crippen molar-refractivity contribution >= 4 is 17.3 Å². The molecule has 0 amide bonds. The van der Waals surface area contributed by atoms with E-state index in [1.165, 1.54) is 6.92 Å². The smallest absolute Gasteiger partial charge is 0.352 e. The molecule has 0 fully saturated rings. The lowest BCUT2D eigenvalue weighted by atomic mass is 10.4. The predicted octanol–water partition coefficient (Wildman–Crippen LogP) is 1.99. The summed E-state index contributed by atoms with van der Waals surface area (Å²) in [7, 11) is 0. The van der Waals surface area contributed by atoms with Crippen LogP contribution >= 0.6 is 11.6 Å². The molecule has 0 bridgehead atoms. The fourth-order valence-corrected chi connectivity index (χ4v) is 1.16. The fourth-order valence-electron chi connectivity index (χ4n) is 0.961. The molecule has 0 saturated carbocycles. The highest BCUT2D eigenvalue weighted by Crippen LogP contribution is 2.28. The highest BCUT2D eigenvalue weighted by Gasteiger charge is 2.24. The van der Waals surface area contributed by atoms with Gasteiger partial charge in [-0.25, -0.2) is 13.8 Å². The average Bonchev–Trinajstić information content (AvgIpc) is 2.12. The summed E-state index contributed by atoms with van der Waals surface area (Å²) in [6.07, 6.45) is -2.76. The Balaban J connectivity index is 3.09. The number of alkyl halides is 2. The lowest BCUT2D eigenvalue weighted by molar-refractivity contribution is -0.387. The second kappa shape index (κ2) is 4.97. The Kier molecular flexibility index (Phi) is 3.88. The summed E-state index contributed by atoms with van der Waals surface area (Å²) < 4.78 is 28.3. The van der Waals surface area contributed by atoms with Gasteiger partial charge in [-0.3, -0.25) is 10.1 Å². The van der Waals surface area contributed by atoms with Gasteiger partial charge in [0.2, 0.25) is 5.28 Å². The second-order valence-corrected chi connectivity index (χ2v) is 3.03. The van der Waals surface area contributed by atoms with Gasteiger partial charge in [0.05, 0.1) is 4.92 Å². The standard InChI is InChI=1S/C7H6ClF2N3O3/c1-3-5(13(14)15)6(12-7(8)11-3)16-2-4(9)10/h4H,2H2,1H3. The summed E-state index contributed by atoms with van der Waals surface area (Å²) in [5.41, 5.74) is -0.612. The summed E-state index contributed by atoms with van der Waals surface area (Å²) >= 11 is 5.43. The van der Waals surface area contributed by atoms with E-state index in [9.17, 15) is 18.9 Å². The van der Waals surface area contributed by atoms with E-state index in [0.29, 0.717) is 0 Å². The number of ether oxygens (including phenoxy) is 1. The van der Waals surface area contributed by atoms with Crippen LogP contribution in [0.25, 0.3) is 0 Å². The van der Waals surface area contributed by atoms with Crippen LogP contribution in [0.3, 0.4) is 0 Å². The van der Waals surface area contributed by atoms with Gasteiger partial charge in [-0.15, -0.1) is 0 Å². The van der Waals surface area contributed by atoms with E-state index in [1.54, 1.807) is 0 Å². The zero-order valence-electron chi connectivity index (χ0n) is 7.98. The van der Waals surface area contributed by atoms with E-state index in [4.69, 9.17) is 11.6 Å². The first-order valence-corrected chi connectivity index (χ1v) is 4.39. The van der Waals surface area contributed by atoms with E-state index >= 15 is 0 Å². The Hall–Kier alpha value is -1.57. The second-order valence-electron chi connectivity index (χ2n) is 2.69. The molecule has 0 unspecified atom stereocenters. The van der Waals surface area contributed by atoms with Gasteiger partial charge < -0.3 is 4.74 Å². The lowest BCUT2D eigenvalue weighted by Gasteiger charge is -2.06. The Morgan fingerprint density at radius 3 is 2.69 bits per heavy atom.